The molecule has 3 N–H and O–H groups in total. The summed E-state index contributed by atoms with van der Waals surface area (Å²) in [5.41, 5.74) is 0.682. The molecule has 122 valence electrons. The number of nitrogens with one attached hydrogen (secondary N) is 1. The van der Waals surface area contributed by atoms with Crippen LogP contribution >= 0.6 is 0 Å². The maximum absolute atomic E-state index is 12.7. The Hall–Kier alpha value is -2.03. The van der Waals surface area contributed by atoms with E-state index in [0.717, 1.165) is 12.8 Å². The van der Waals surface area contributed by atoms with Crippen LogP contribution in [0.2, 0.25) is 0 Å². The number of rotatable bonds is 4. The van der Waals surface area contributed by atoms with Gasteiger partial charge in [-0.05, 0) is 12.8 Å². The van der Waals surface area contributed by atoms with Crippen LogP contribution in [-0.2, 0) is 17.9 Å². The van der Waals surface area contributed by atoms with Crippen LogP contribution in [0.25, 0.3) is 0 Å². The van der Waals surface area contributed by atoms with Crippen molar-refractivity contribution in [2.75, 3.05) is 6.61 Å². The summed E-state index contributed by atoms with van der Waals surface area (Å²) in [6.07, 6.45) is 1.61. The number of hydrogen-bond donors (Lipinski definition) is 3. The number of nitrogens with zero attached hydrogens (tertiary/aromatic N) is 2. The van der Waals surface area contributed by atoms with Crippen molar-refractivity contribution in [1.82, 2.24) is 14.9 Å². The van der Waals surface area contributed by atoms with E-state index in [0.29, 0.717) is 11.5 Å². The Morgan fingerprint density at radius 2 is 2.22 bits per heavy atom. The average Bonchev–Trinajstić information content (AvgIpc) is 3.28. The number of carbonyl (C=O) groups is 2. The number of Topliss-reactive ketones (excluding diaryl/α,β-unsaturated/α-hetero) is 1. The number of fused-ring (bicyclic) bond motifs is 3. The molecule has 8 nitrogen and oxygen atoms in total. The summed E-state index contributed by atoms with van der Waals surface area (Å²) in [5.74, 6) is -0.0764. The van der Waals surface area contributed by atoms with Gasteiger partial charge in [0.05, 0.1) is 18.8 Å². The van der Waals surface area contributed by atoms with Crippen molar-refractivity contribution in [3.63, 3.8) is 0 Å². The molecule has 4 rings (SSSR count). The molecule has 0 spiro atoms. The van der Waals surface area contributed by atoms with Gasteiger partial charge in [0.25, 0.3) is 0 Å². The quantitative estimate of drug-likeness (QED) is 0.662. The summed E-state index contributed by atoms with van der Waals surface area (Å²) in [6.45, 7) is -0.173. The third-order valence-electron chi connectivity index (χ3n) is 4.36. The van der Waals surface area contributed by atoms with Gasteiger partial charge in [-0.1, -0.05) is 0 Å². The number of hydrogen-bond acceptors (Lipinski definition) is 7. The normalized spacial score (nSPS) is 24.8. The Bertz CT molecular complexity index is 719. The van der Waals surface area contributed by atoms with Crippen LogP contribution in [0.15, 0.2) is 11.8 Å². The van der Waals surface area contributed by atoms with Gasteiger partial charge >= 0.3 is 0 Å². The summed E-state index contributed by atoms with van der Waals surface area (Å²) in [5, 5.41) is 21.9. The minimum Gasteiger partial charge on any atom is -0.394 e. The number of carbonyl (C=O) groups excluding carboxylic acids is 2. The highest BCUT2D eigenvalue weighted by atomic mass is 16.5. The number of aliphatic hydroxyl groups excluding tert-OH is 2. The molecule has 1 aromatic heterocycles. The zero-order valence-electron chi connectivity index (χ0n) is 12.4. The van der Waals surface area contributed by atoms with Crippen molar-refractivity contribution < 1.29 is 24.5 Å². The second-order valence-electron chi connectivity index (χ2n) is 6.11. The maximum Gasteiger partial charge on any atom is 0.227 e. The Labute approximate surface area is 131 Å². The number of allylic oxidation sites excluding steroid dienone is 2. The summed E-state index contributed by atoms with van der Waals surface area (Å²) in [6, 6.07) is 0.260. The predicted octanol–water partition coefficient (Wildman–Crippen LogP) is -0.850. The van der Waals surface area contributed by atoms with Gasteiger partial charge in [-0.3, -0.25) is 9.59 Å². The zero-order chi connectivity index (χ0) is 16.1. The van der Waals surface area contributed by atoms with Gasteiger partial charge in [-0.15, -0.1) is 0 Å². The van der Waals surface area contributed by atoms with E-state index in [9.17, 15) is 14.7 Å². The molecule has 2 atom stereocenters. The Morgan fingerprint density at radius 1 is 1.43 bits per heavy atom. The van der Waals surface area contributed by atoms with E-state index >= 15 is 0 Å². The maximum atomic E-state index is 12.7. The third-order valence-corrected chi connectivity index (χ3v) is 4.36. The number of aliphatic hydroxyl groups is 2. The van der Waals surface area contributed by atoms with Gasteiger partial charge in [0, 0.05) is 12.1 Å². The highest BCUT2D eigenvalue weighted by Crippen LogP contribution is 2.28. The van der Waals surface area contributed by atoms with Gasteiger partial charge in [0.2, 0.25) is 11.6 Å². The molecule has 0 aromatic carbocycles. The molecule has 8 heteroatoms. The van der Waals surface area contributed by atoms with Crippen molar-refractivity contribution in [1.29, 1.82) is 0 Å². The molecule has 0 radical (unpaired) electrons. The van der Waals surface area contributed by atoms with E-state index in [1.54, 1.807) is 4.57 Å². The molecule has 3 aliphatic rings. The summed E-state index contributed by atoms with van der Waals surface area (Å²) in [4.78, 5) is 29.2. The molecule has 23 heavy (non-hydrogen) atoms. The molecule has 0 saturated heterocycles. The summed E-state index contributed by atoms with van der Waals surface area (Å²) in [7, 11) is 0. The Morgan fingerprint density at radius 3 is 2.91 bits per heavy atom. The van der Waals surface area contributed by atoms with Gasteiger partial charge in [0.1, 0.15) is 36.0 Å². The lowest BCUT2D eigenvalue weighted by Crippen LogP contribution is -2.40. The number of ether oxygens (including phenoxy) is 1. The molecule has 2 heterocycles. The van der Waals surface area contributed by atoms with Crippen LogP contribution < -0.4 is 5.32 Å². The minimum atomic E-state index is -1.05. The lowest BCUT2D eigenvalue weighted by Gasteiger charge is -2.28. The van der Waals surface area contributed by atoms with Crippen molar-refractivity contribution in [3.05, 3.63) is 29.0 Å². The molecule has 0 bridgehead atoms. The fourth-order valence-electron chi connectivity index (χ4n) is 2.92. The van der Waals surface area contributed by atoms with E-state index < -0.39 is 18.8 Å². The largest absolute Gasteiger partial charge is 0.394 e. The molecule has 0 amide bonds. The highest BCUT2D eigenvalue weighted by molar-refractivity contribution is 6.23. The Kier molecular flexibility index (Phi) is 3.33. The van der Waals surface area contributed by atoms with E-state index in [2.05, 4.69) is 10.3 Å². The first-order valence-electron chi connectivity index (χ1n) is 7.65. The van der Waals surface area contributed by atoms with Crippen LogP contribution in [0.1, 0.15) is 39.6 Å². The first-order valence-corrected chi connectivity index (χ1v) is 7.65. The van der Waals surface area contributed by atoms with Crippen LogP contribution in [0.4, 0.5) is 0 Å². The summed E-state index contributed by atoms with van der Waals surface area (Å²) < 4.78 is 7.09. The zero-order valence-corrected chi connectivity index (χ0v) is 12.4. The van der Waals surface area contributed by atoms with Gasteiger partial charge < -0.3 is 24.8 Å². The molecule has 1 fully saturated rings. The lowest BCUT2D eigenvalue weighted by molar-refractivity contribution is -0.0873. The average molecular weight is 319 g/mol. The molecule has 2 aliphatic carbocycles. The second kappa shape index (κ2) is 5.26. The first kappa shape index (κ1) is 14.6. The van der Waals surface area contributed by atoms with E-state index in [1.807, 2.05) is 0 Å². The van der Waals surface area contributed by atoms with Gasteiger partial charge in [-0.25, -0.2) is 4.98 Å². The fourth-order valence-corrected chi connectivity index (χ4v) is 2.92. The molecule has 1 aromatic rings. The summed E-state index contributed by atoms with van der Waals surface area (Å²) >= 11 is 0. The standard InChI is InChI=1S/C15H17N3O5/c19-5-10(21)11-4-18-12(6-23-11)17-13-9(20)3-8(15(22)14(13)18)16-7-1-2-7/h3,7,10-11,16,19,21H,1-2,4-6H2/t10-,11+/m1/s1. The highest BCUT2D eigenvalue weighted by Gasteiger charge is 2.38. The van der Waals surface area contributed by atoms with Gasteiger partial charge in [-0.2, -0.15) is 0 Å². The second-order valence-corrected chi connectivity index (χ2v) is 6.11. The molecular formula is C15H17N3O5. The van der Waals surface area contributed by atoms with Crippen LogP contribution in [0.3, 0.4) is 0 Å². The van der Waals surface area contributed by atoms with Crippen LogP contribution in [0, 0.1) is 0 Å². The van der Waals surface area contributed by atoms with Crippen molar-refractivity contribution in [2.45, 2.75) is 44.2 Å². The fraction of sp³-hybridized carbons (Fsp3) is 0.533. The molecule has 0 unspecified atom stereocenters. The SMILES string of the molecule is O=C1C=C(NC2CC2)C(=O)c2c1nc1n2C[C@@H]([C@H](O)CO)OC1. The van der Waals surface area contributed by atoms with Crippen molar-refractivity contribution >= 4 is 11.6 Å². The number of imidazole rings is 1. The monoisotopic (exact) mass is 319 g/mol. The molecule has 1 saturated carbocycles. The van der Waals surface area contributed by atoms with E-state index in [1.165, 1.54) is 6.08 Å². The lowest BCUT2D eigenvalue weighted by atomic mass is 10.0. The van der Waals surface area contributed by atoms with Crippen LogP contribution in [-0.4, -0.2) is 56.2 Å². The first-order chi connectivity index (χ1) is 11.1. The van der Waals surface area contributed by atoms with E-state index in [4.69, 9.17) is 9.84 Å². The van der Waals surface area contributed by atoms with Crippen molar-refractivity contribution in [2.24, 2.45) is 0 Å². The topological polar surface area (TPSA) is 114 Å². The Balaban J connectivity index is 1.69. The predicted molar refractivity (Wildman–Crippen MR) is 76.8 cm³/mol. The molecular weight excluding hydrogens is 302 g/mol. The van der Waals surface area contributed by atoms with Crippen LogP contribution in [0.5, 0.6) is 0 Å². The van der Waals surface area contributed by atoms with Crippen molar-refractivity contribution in [3.8, 4) is 0 Å². The van der Waals surface area contributed by atoms with E-state index in [-0.39, 0.29) is 42.1 Å². The van der Waals surface area contributed by atoms with Gasteiger partial charge in [0.15, 0.2) is 0 Å². The number of ketones is 2. The third kappa shape index (κ3) is 2.39. The number of aromatic nitrogens is 2. The molecule has 1 aliphatic heterocycles. The minimum absolute atomic E-state index is 0.0840. The smallest absolute Gasteiger partial charge is 0.227 e.